The summed E-state index contributed by atoms with van der Waals surface area (Å²) in [6.07, 6.45) is 1.04. The molecule has 2 amide bonds. The number of nitrogens with zero attached hydrogens (tertiary/aromatic N) is 6. The molecule has 3 heterocycles. The van der Waals surface area contributed by atoms with E-state index in [0.29, 0.717) is 43.0 Å². The van der Waals surface area contributed by atoms with Crippen LogP contribution in [0.1, 0.15) is 23.2 Å². The number of carbonyl (C=O) groups excluding carboxylic acids is 2. The number of para-hydroxylation sites is 2. The Morgan fingerprint density at radius 3 is 2.53 bits per heavy atom. The zero-order valence-corrected chi connectivity index (χ0v) is 17.0. The minimum absolute atomic E-state index is 0.0905. The average molecular weight is 432 g/mol. The highest BCUT2D eigenvalue weighted by atomic mass is 16.5. The van der Waals surface area contributed by atoms with Gasteiger partial charge in [0.25, 0.3) is 5.91 Å². The van der Waals surface area contributed by atoms with Crippen molar-refractivity contribution in [2.24, 2.45) is 5.92 Å². The van der Waals surface area contributed by atoms with Crippen LogP contribution in [0.3, 0.4) is 0 Å². The van der Waals surface area contributed by atoms with Crippen molar-refractivity contribution in [2.75, 3.05) is 18.4 Å². The summed E-state index contributed by atoms with van der Waals surface area (Å²) in [5.74, 6) is -0.246. The number of likely N-dealkylation sites (tertiary alicyclic amines) is 1. The van der Waals surface area contributed by atoms with Crippen molar-refractivity contribution in [3.05, 3.63) is 54.1 Å². The summed E-state index contributed by atoms with van der Waals surface area (Å²) in [6, 6.07) is 14.7. The first-order chi connectivity index (χ1) is 15.6. The number of aromatic nitrogens is 5. The maximum absolute atomic E-state index is 12.8. The van der Waals surface area contributed by atoms with Gasteiger partial charge in [-0.3, -0.25) is 14.8 Å². The van der Waals surface area contributed by atoms with Crippen LogP contribution < -0.4 is 10.8 Å². The zero-order chi connectivity index (χ0) is 22.1. The summed E-state index contributed by atoms with van der Waals surface area (Å²) >= 11 is 0. The Kier molecular flexibility index (Phi) is 5.07. The number of piperidine rings is 1. The molecule has 0 radical (unpaired) electrons. The van der Waals surface area contributed by atoms with E-state index in [4.69, 9.17) is 5.21 Å². The van der Waals surface area contributed by atoms with E-state index in [1.165, 1.54) is 0 Å². The number of rotatable bonds is 4. The number of hydrogen-bond donors (Lipinski definition) is 3. The molecule has 1 fully saturated rings. The molecule has 5 rings (SSSR count). The molecule has 11 nitrogen and oxygen atoms in total. The molecule has 1 aliphatic rings. The number of tetrazole rings is 1. The maximum atomic E-state index is 12.8. The Morgan fingerprint density at radius 2 is 1.78 bits per heavy atom. The maximum Gasteiger partial charge on any atom is 0.253 e. The minimum atomic E-state index is -0.396. The molecule has 1 aliphatic heterocycles. The quantitative estimate of drug-likeness (QED) is 0.328. The zero-order valence-electron chi connectivity index (χ0n) is 17.0. The lowest BCUT2D eigenvalue weighted by Gasteiger charge is -2.31. The third kappa shape index (κ3) is 3.58. The van der Waals surface area contributed by atoms with Crippen molar-refractivity contribution in [1.82, 2.24) is 35.4 Å². The molecule has 0 spiro atoms. The summed E-state index contributed by atoms with van der Waals surface area (Å²) in [5.41, 5.74) is 5.04. The molecule has 0 aliphatic carbocycles. The van der Waals surface area contributed by atoms with Crippen LogP contribution in [0.25, 0.3) is 16.7 Å². The third-order valence-electron chi connectivity index (χ3n) is 5.68. The van der Waals surface area contributed by atoms with Gasteiger partial charge in [-0.2, -0.15) is 4.52 Å². The van der Waals surface area contributed by atoms with Crippen LogP contribution in [-0.4, -0.2) is 60.0 Å². The van der Waals surface area contributed by atoms with Crippen molar-refractivity contribution in [3.63, 3.8) is 0 Å². The molecule has 0 unspecified atom stereocenters. The second-order valence-corrected chi connectivity index (χ2v) is 7.61. The lowest BCUT2D eigenvalue weighted by Crippen LogP contribution is -2.42. The van der Waals surface area contributed by atoms with Gasteiger partial charge in [0.15, 0.2) is 5.82 Å². The van der Waals surface area contributed by atoms with Gasteiger partial charge in [0.05, 0.1) is 11.0 Å². The Hall–Kier alpha value is -4.12. The molecule has 0 bridgehead atoms. The molecular formula is C21H20N8O3. The normalized spacial score (nSPS) is 14.6. The first kappa shape index (κ1) is 19.8. The van der Waals surface area contributed by atoms with Crippen LogP contribution in [-0.2, 0) is 4.79 Å². The van der Waals surface area contributed by atoms with Gasteiger partial charge >= 0.3 is 0 Å². The number of amides is 2. The van der Waals surface area contributed by atoms with Crippen LogP contribution in [0.15, 0.2) is 48.5 Å². The molecule has 162 valence electrons. The van der Waals surface area contributed by atoms with E-state index in [1.54, 1.807) is 39.2 Å². The van der Waals surface area contributed by atoms with Crippen molar-refractivity contribution in [1.29, 1.82) is 0 Å². The Labute approximate surface area is 182 Å². The van der Waals surface area contributed by atoms with Crippen LogP contribution in [0.2, 0.25) is 0 Å². The van der Waals surface area contributed by atoms with Crippen molar-refractivity contribution < 1.29 is 14.8 Å². The fourth-order valence-electron chi connectivity index (χ4n) is 3.94. The second-order valence-electron chi connectivity index (χ2n) is 7.61. The van der Waals surface area contributed by atoms with Crippen LogP contribution in [0.4, 0.5) is 11.5 Å². The third-order valence-corrected chi connectivity index (χ3v) is 5.68. The topological polar surface area (TPSA) is 138 Å². The molecule has 32 heavy (non-hydrogen) atoms. The van der Waals surface area contributed by atoms with Crippen LogP contribution >= 0.6 is 0 Å². The van der Waals surface area contributed by atoms with Gasteiger partial charge in [0.2, 0.25) is 11.6 Å². The van der Waals surface area contributed by atoms with E-state index in [9.17, 15) is 9.59 Å². The fourth-order valence-corrected chi connectivity index (χ4v) is 3.94. The van der Waals surface area contributed by atoms with Gasteiger partial charge in [-0.15, -0.1) is 5.10 Å². The van der Waals surface area contributed by atoms with Crippen molar-refractivity contribution >= 4 is 40.0 Å². The number of hydroxylamine groups is 1. The highest BCUT2D eigenvalue weighted by molar-refractivity contribution is 5.95. The molecule has 3 N–H and O–H groups in total. The standard InChI is InChI=1S/C21H20N8O3/c30-20(25-32)13-9-11-28(12-10-13)21(31)14-5-7-15(8-6-14)22-18-19-24-26-27-29(19)17-4-2-1-3-16(17)23-18/h1-8,13,32H,9-12H2,(H,22,23)(H,25,30). The molecule has 0 saturated carbocycles. The smallest absolute Gasteiger partial charge is 0.253 e. The van der Waals surface area contributed by atoms with E-state index in [1.807, 2.05) is 24.3 Å². The van der Waals surface area contributed by atoms with Gasteiger partial charge in [-0.25, -0.2) is 10.5 Å². The molecule has 1 saturated heterocycles. The lowest BCUT2D eigenvalue weighted by atomic mass is 9.96. The summed E-state index contributed by atoms with van der Waals surface area (Å²) in [5, 5.41) is 23.9. The molecule has 2 aromatic heterocycles. The Bertz CT molecular complexity index is 1300. The van der Waals surface area contributed by atoms with E-state index >= 15 is 0 Å². The minimum Gasteiger partial charge on any atom is -0.339 e. The summed E-state index contributed by atoms with van der Waals surface area (Å²) < 4.78 is 1.63. The van der Waals surface area contributed by atoms with E-state index in [-0.39, 0.29) is 11.8 Å². The average Bonchev–Trinajstić information content (AvgIpc) is 3.35. The lowest BCUT2D eigenvalue weighted by molar-refractivity contribution is -0.134. The summed E-state index contributed by atoms with van der Waals surface area (Å²) in [4.78, 5) is 30.7. The molecule has 4 aromatic rings. The predicted octanol–water partition coefficient (Wildman–Crippen LogP) is 1.77. The monoisotopic (exact) mass is 432 g/mol. The van der Waals surface area contributed by atoms with E-state index in [2.05, 4.69) is 25.8 Å². The summed E-state index contributed by atoms with van der Waals surface area (Å²) in [6.45, 7) is 0.936. The number of nitrogens with one attached hydrogen (secondary N) is 2. The SMILES string of the molecule is O=C(NO)C1CCN(C(=O)c2ccc(Nc3nc4ccccc4n4nnnc34)cc2)CC1. The van der Waals surface area contributed by atoms with Crippen molar-refractivity contribution in [3.8, 4) is 0 Å². The van der Waals surface area contributed by atoms with Gasteiger partial charge in [-0.05, 0) is 59.7 Å². The van der Waals surface area contributed by atoms with Gasteiger partial charge < -0.3 is 10.2 Å². The summed E-state index contributed by atoms with van der Waals surface area (Å²) in [7, 11) is 0. The number of hydrogen-bond acceptors (Lipinski definition) is 8. The number of benzene rings is 2. The first-order valence-corrected chi connectivity index (χ1v) is 10.2. The molecule has 2 aromatic carbocycles. The molecule has 0 atom stereocenters. The largest absolute Gasteiger partial charge is 0.339 e. The van der Waals surface area contributed by atoms with Gasteiger partial charge in [-0.1, -0.05) is 12.1 Å². The van der Waals surface area contributed by atoms with Gasteiger partial charge in [0, 0.05) is 30.3 Å². The molecular weight excluding hydrogens is 412 g/mol. The van der Waals surface area contributed by atoms with Gasteiger partial charge in [0.1, 0.15) is 0 Å². The highest BCUT2D eigenvalue weighted by Crippen LogP contribution is 2.24. The van der Waals surface area contributed by atoms with Crippen molar-refractivity contribution in [2.45, 2.75) is 12.8 Å². The van der Waals surface area contributed by atoms with E-state index in [0.717, 1.165) is 16.7 Å². The Morgan fingerprint density at radius 1 is 1.03 bits per heavy atom. The van der Waals surface area contributed by atoms with Crippen LogP contribution in [0.5, 0.6) is 0 Å². The predicted molar refractivity (Wildman–Crippen MR) is 114 cm³/mol. The highest BCUT2D eigenvalue weighted by Gasteiger charge is 2.27. The molecule has 11 heteroatoms. The Balaban J connectivity index is 1.32. The van der Waals surface area contributed by atoms with E-state index < -0.39 is 5.91 Å². The van der Waals surface area contributed by atoms with Crippen LogP contribution in [0, 0.1) is 5.92 Å². The fraction of sp³-hybridized carbons (Fsp3) is 0.238. The number of anilines is 2. The first-order valence-electron chi connectivity index (χ1n) is 10.2. The number of carbonyl (C=O) groups is 2. The number of fused-ring (bicyclic) bond motifs is 3. The second kappa shape index (κ2) is 8.19.